The van der Waals surface area contributed by atoms with E-state index < -0.39 is 15.3 Å². The number of ether oxygens (including phenoxy) is 2. The van der Waals surface area contributed by atoms with Crippen molar-refractivity contribution in [3.8, 4) is 23.0 Å². The zero-order chi connectivity index (χ0) is 29.5. The smallest absolute Gasteiger partial charge is 0.870 e. The summed E-state index contributed by atoms with van der Waals surface area (Å²) >= 11 is 0. The summed E-state index contributed by atoms with van der Waals surface area (Å²) in [7, 11) is 0. The Hall–Kier alpha value is -3.59. The maximum absolute atomic E-state index is 12.1. The van der Waals surface area contributed by atoms with Gasteiger partial charge >= 0.3 is 16.5 Å². The van der Waals surface area contributed by atoms with Gasteiger partial charge in [-0.3, -0.25) is 9.98 Å². The van der Waals surface area contributed by atoms with Gasteiger partial charge in [0, 0.05) is 52.8 Å². The molecule has 0 atom stereocenters. The van der Waals surface area contributed by atoms with E-state index in [9.17, 15) is 10.2 Å². The molecule has 20 heteroatoms. The summed E-state index contributed by atoms with van der Waals surface area (Å²) < 4.78 is 10.5. The molecular weight excluding hydrogens is 727 g/mol. The van der Waals surface area contributed by atoms with Crippen LogP contribution < -0.4 is 19.7 Å². The van der Waals surface area contributed by atoms with Gasteiger partial charge in [0.2, 0.25) is 0 Å². The van der Waals surface area contributed by atoms with Crippen LogP contribution in [0.5, 0.6) is 23.0 Å². The predicted molar refractivity (Wildman–Crippen MR) is 130 cm³/mol. The molecule has 0 fully saturated rings. The van der Waals surface area contributed by atoms with E-state index in [-0.39, 0.29) is 68.4 Å². The van der Waals surface area contributed by atoms with E-state index in [0.29, 0.717) is 48.9 Å². The maximum atomic E-state index is 12.1. The van der Waals surface area contributed by atoms with Crippen molar-refractivity contribution < 1.29 is 91.8 Å². The van der Waals surface area contributed by atoms with Gasteiger partial charge < -0.3 is 65.7 Å². The minimum Gasteiger partial charge on any atom is -0.870 e. The molecule has 0 spiro atoms. The molecule has 0 saturated heterocycles. The third-order valence-electron chi connectivity index (χ3n) is 3.44. The number of hydrogen-bond acceptors (Lipinski definition) is 15. The molecule has 0 aliphatic heterocycles. The third kappa shape index (κ3) is 24.7. The maximum Gasteiger partial charge on any atom is 3.00 e. The molecule has 1 radical (unpaired) electrons. The number of hydrogen-bond donors (Lipinski definition) is 0. The van der Waals surface area contributed by atoms with Gasteiger partial charge in [-0.15, -0.1) is 0 Å². The van der Waals surface area contributed by atoms with Crippen LogP contribution in [0.4, 0.5) is 0 Å². The average Bonchev–Trinajstić information content (AvgIpc) is 2.80. The molecule has 0 aliphatic carbocycles. The van der Waals surface area contributed by atoms with E-state index in [2.05, 4.69) is 9.98 Å². The normalized spacial score (nSPS) is 9.15. The zero-order valence-electron chi connectivity index (χ0n) is 20.7. The summed E-state index contributed by atoms with van der Waals surface area (Å²) in [5, 5.41) is 68.4. The first kappa shape index (κ1) is 43.5. The minimum absolute atomic E-state index is 0. The first-order valence-corrected chi connectivity index (χ1v) is 10.2. The molecule has 0 bridgehead atoms. The Morgan fingerprint density at radius 1 is 0.675 bits per heavy atom. The van der Waals surface area contributed by atoms with E-state index in [0.717, 1.165) is 0 Å². The second kappa shape index (κ2) is 27.0. The molecule has 2 aromatic carbocycles. The Morgan fingerprint density at radius 2 is 0.950 bits per heavy atom. The SMILES string of the molecule is CCOc1cccc(C=NCCN=Cc2cccc(OCC)c2[O-])c1[O-].O=[N+]([O-])[O-].O=[N+]([O-])[O-].O=[N+]([O-])[O-].[Ni+3].[Sm]. The van der Waals surface area contributed by atoms with Crippen LogP contribution in [0.15, 0.2) is 46.4 Å². The number of benzene rings is 2. The summed E-state index contributed by atoms with van der Waals surface area (Å²) in [6.45, 7) is 5.36. The molecule has 18 nitrogen and oxygen atoms in total. The molecule has 40 heavy (non-hydrogen) atoms. The van der Waals surface area contributed by atoms with Crippen molar-refractivity contribution in [1.82, 2.24) is 0 Å². The second-order valence-electron chi connectivity index (χ2n) is 5.96. The minimum atomic E-state index is -1.75. The standard InChI is InChI=1S/C20H24N2O4.3NO3.Ni.Sm/c1-3-25-17-9-5-7-15(19(17)23)13-21-11-12-22-14-16-8-6-10-18(20(16)24)26-4-2;3*2-1(3)4;;/h5-10,13-14,23-24H,3-4,11-12H2,1-2H3;;;;;/q;3*-1;+3;/p-2. The molecule has 0 unspecified atom stereocenters. The van der Waals surface area contributed by atoms with Gasteiger partial charge in [0.25, 0.3) is 0 Å². The molecular formula is C20H22N5NiO13Sm-2. The quantitative estimate of drug-likeness (QED) is 0.115. The largest absolute Gasteiger partial charge is 3.00 e. The number of para-hydroxylation sites is 2. The second-order valence-corrected chi connectivity index (χ2v) is 5.96. The fraction of sp³-hybridized carbons (Fsp3) is 0.300. The van der Waals surface area contributed by atoms with Crippen LogP contribution in [0.25, 0.3) is 0 Å². The molecule has 0 heterocycles. The van der Waals surface area contributed by atoms with Crippen LogP contribution in [0.3, 0.4) is 0 Å². The van der Waals surface area contributed by atoms with Crippen molar-refractivity contribution in [3.05, 3.63) is 93.5 Å². The molecule has 0 saturated carbocycles. The monoisotopic (exact) mass is 750 g/mol. The van der Waals surface area contributed by atoms with E-state index >= 15 is 0 Å². The zero-order valence-corrected chi connectivity index (χ0v) is 24.3. The summed E-state index contributed by atoms with van der Waals surface area (Å²) in [4.78, 5) is 33.2. The van der Waals surface area contributed by atoms with Gasteiger partial charge in [0.1, 0.15) is 11.5 Å². The Balaban J connectivity index is -0.000000392. The Bertz CT molecular complexity index is 971. The van der Waals surface area contributed by atoms with Crippen molar-refractivity contribution >= 4 is 12.4 Å². The van der Waals surface area contributed by atoms with Crippen molar-refractivity contribution in [1.29, 1.82) is 0 Å². The van der Waals surface area contributed by atoms with Crippen LogP contribution in [0.2, 0.25) is 0 Å². The molecule has 0 aliphatic rings. The van der Waals surface area contributed by atoms with Gasteiger partial charge in [0.15, 0.2) is 0 Å². The van der Waals surface area contributed by atoms with Crippen molar-refractivity contribution in [3.63, 3.8) is 0 Å². The van der Waals surface area contributed by atoms with Crippen LogP contribution in [0.1, 0.15) is 25.0 Å². The van der Waals surface area contributed by atoms with Gasteiger partial charge in [0.05, 0.1) is 41.6 Å². The summed E-state index contributed by atoms with van der Waals surface area (Å²) in [6.07, 6.45) is 3.05. The first-order valence-electron chi connectivity index (χ1n) is 10.2. The van der Waals surface area contributed by atoms with Crippen LogP contribution >= 0.6 is 0 Å². The number of rotatable bonds is 9. The number of nitrogens with zero attached hydrogens (tertiary/aromatic N) is 5. The fourth-order valence-electron chi connectivity index (χ4n) is 2.25. The summed E-state index contributed by atoms with van der Waals surface area (Å²) in [6, 6.07) is 10.2. The van der Waals surface area contributed by atoms with Gasteiger partial charge in [-0.05, 0) is 37.1 Å². The molecule has 223 valence electrons. The van der Waals surface area contributed by atoms with Crippen LogP contribution in [-0.4, -0.2) is 54.0 Å². The topological polar surface area (TPSA) is 288 Å². The molecule has 0 aromatic heterocycles. The summed E-state index contributed by atoms with van der Waals surface area (Å²) in [5.74, 6) is 0.300. The third-order valence-corrected chi connectivity index (χ3v) is 3.44. The molecule has 0 N–H and O–H groups in total. The predicted octanol–water partition coefficient (Wildman–Crippen LogP) is 1.45. The van der Waals surface area contributed by atoms with Crippen molar-refractivity contribution in [2.45, 2.75) is 13.8 Å². The van der Waals surface area contributed by atoms with Gasteiger partial charge in [-0.2, -0.15) is 0 Å². The van der Waals surface area contributed by atoms with Gasteiger partial charge in [-0.1, -0.05) is 35.8 Å². The Kier molecular flexibility index (Phi) is 29.3. The Labute approximate surface area is 269 Å². The summed E-state index contributed by atoms with van der Waals surface area (Å²) in [5.41, 5.74) is 0.956. The first-order chi connectivity index (χ1) is 17.9. The van der Waals surface area contributed by atoms with E-state index in [1.165, 1.54) is 12.4 Å². The van der Waals surface area contributed by atoms with Crippen LogP contribution in [-0.2, 0) is 16.5 Å². The van der Waals surface area contributed by atoms with Crippen LogP contribution in [0, 0.1) is 86.4 Å². The Morgan fingerprint density at radius 3 is 1.20 bits per heavy atom. The van der Waals surface area contributed by atoms with E-state index in [1.807, 2.05) is 13.8 Å². The average molecular weight is 749 g/mol. The molecule has 2 aromatic rings. The van der Waals surface area contributed by atoms with E-state index in [4.69, 9.17) is 55.4 Å². The molecule has 0 amide bonds. The van der Waals surface area contributed by atoms with E-state index in [1.54, 1.807) is 36.4 Å². The van der Waals surface area contributed by atoms with Gasteiger partial charge in [-0.25, -0.2) is 0 Å². The van der Waals surface area contributed by atoms with Crippen molar-refractivity contribution in [2.75, 3.05) is 26.3 Å². The number of aliphatic imine (C=N–C) groups is 2. The fourth-order valence-corrected chi connectivity index (χ4v) is 2.25. The molecule has 2 rings (SSSR count). The van der Waals surface area contributed by atoms with Crippen molar-refractivity contribution in [2.24, 2.45) is 9.98 Å².